The highest BCUT2D eigenvalue weighted by molar-refractivity contribution is 5.92. The highest BCUT2D eigenvalue weighted by atomic mass is 16.7. The fourth-order valence-electron chi connectivity index (χ4n) is 2.28. The molecule has 1 rings (SSSR count). The van der Waals surface area contributed by atoms with E-state index in [1.165, 1.54) is 14.2 Å². The Hall–Kier alpha value is -0.450. The standard InChI is InChI=1S/C11H20O4/c1-10(2)7(9(13-5)14-6)8(12)11(3,4)15-10/h7,9H,1-6H3. The molecule has 1 saturated heterocycles. The van der Waals surface area contributed by atoms with E-state index < -0.39 is 17.5 Å². The van der Waals surface area contributed by atoms with Crippen LogP contribution < -0.4 is 0 Å². The van der Waals surface area contributed by atoms with Gasteiger partial charge in [-0.25, -0.2) is 0 Å². The van der Waals surface area contributed by atoms with Gasteiger partial charge in [-0.15, -0.1) is 0 Å². The van der Waals surface area contributed by atoms with Crippen molar-refractivity contribution in [2.45, 2.75) is 45.2 Å². The van der Waals surface area contributed by atoms with Crippen LogP contribution in [-0.4, -0.2) is 37.5 Å². The highest BCUT2D eigenvalue weighted by Crippen LogP contribution is 2.41. The van der Waals surface area contributed by atoms with Gasteiger partial charge in [-0.05, 0) is 27.7 Å². The van der Waals surface area contributed by atoms with E-state index >= 15 is 0 Å². The second kappa shape index (κ2) is 3.85. The van der Waals surface area contributed by atoms with Gasteiger partial charge in [-0.3, -0.25) is 4.79 Å². The van der Waals surface area contributed by atoms with Crippen LogP contribution >= 0.6 is 0 Å². The summed E-state index contributed by atoms with van der Waals surface area (Å²) < 4.78 is 16.1. The van der Waals surface area contributed by atoms with Gasteiger partial charge in [0.25, 0.3) is 0 Å². The van der Waals surface area contributed by atoms with Gasteiger partial charge in [0.15, 0.2) is 12.1 Å². The van der Waals surface area contributed by atoms with Crippen LogP contribution in [0.4, 0.5) is 0 Å². The monoisotopic (exact) mass is 216 g/mol. The Morgan fingerprint density at radius 1 is 1.20 bits per heavy atom. The van der Waals surface area contributed by atoms with Crippen molar-refractivity contribution in [3.63, 3.8) is 0 Å². The van der Waals surface area contributed by atoms with Crippen molar-refractivity contribution in [3.05, 3.63) is 0 Å². The molecule has 0 radical (unpaired) electrons. The van der Waals surface area contributed by atoms with E-state index in [4.69, 9.17) is 14.2 Å². The van der Waals surface area contributed by atoms with Gasteiger partial charge in [-0.2, -0.15) is 0 Å². The molecule has 88 valence electrons. The number of carbonyl (C=O) groups excluding carboxylic acids is 1. The molecule has 0 aromatic heterocycles. The van der Waals surface area contributed by atoms with Crippen LogP contribution in [0.1, 0.15) is 27.7 Å². The first-order chi connectivity index (χ1) is 6.76. The van der Waals surface area contributed by atoms with E-state index in [0.717, 1.165) is 0 Å². The molecule has 1 fully saturated rings. The average molecular weight is 216 g/mol. The maximum atomic E-state index is 12.1. The third kappa shape index (κ3) is 2.07. The predicted octanol–water partition coefficient (Wildman–Crippen LogP) is 1.38. The smallest absolute Gasteiger partial charge is 0.175 e. The van der Waals surface area contributed by atoms with Crippen LogP contribution in [0.3, 0.4) is 0 Å². The molecule has 1 aliphatic rings. The fourth-order valence-corrected chi connectivity index (χ4v) is 2.28. The molecular formula is C11H20O4. The zero-order valence-electron chi connectivity index (χ0n) is 10.3. The van der Waals surface area contributed by atoms with Crippen molar-refractivity contribution < 1.29 is 19.0 Å². The Bertz CT molecular complexity index is 253. The molecule has 1 unspecified atom stereocenters. The highest BCUT2D eigenvalue weighted by Gasteiger charge is 2.56. The molecular weight excluding hydrogens is 196 g/mol. The molecule has 4 nitrogen and oxygen atoms in total. The molecule has 15 heavy (non-hydrogen) atoms. The normalized spacial score (nSPS) is 28.7. The molecule has 0 amide bonds. The third-order valence-electron chi connectivity index (χ3n) is 2.88. The summed E-state index contributed by atoms with van der Waals surface area (Å²) in [7, 11) is 3.06. The summed E-state index contributed by atoms with van der Waals surface area (Å²) in [4.78, 5) is 12.1. The molecule has 0 aromatic carbocycles. The summed E-state index contributed by atoms with van der Waals surface area (Å²) in [5.74, 6) is -0.358. The molecule has 1 heterocycles. The second-order valence-corrected chi connectivity index (χ2v) is 4.90. The van der Waals surface area contributed by atoms with E-state index in [1.54, 1.807) is 13.8 Å². The summed E-state index contributed by atoms with van der Waals surface area (Å²) in [6.07, 6.45) is -0.547. The van der Waals surface area contributed by atoms with E-state index in [-0.39, 0.29) is 11.7 Å². The average Bonchev–Trinajstić information content (AvgIpc) is 2.25. The van der Waals surface area contributed by atoms with Crippen LogP contribution in [-0.2, 0) is 19.0 Å². The lowest BCUT2D eigenvalue weighted by Gasteiger charge is -2.29. The SMILES string of the molecule is COC(OC)C1C(=O)C(C)(C)OC1(C)C. The van der Waals surface area contributed by atoms with Gasteiger partial charge in [0.2, 0.25) is 0 Å². The molecule has 0 aromatic rings. The first kappa shape index (κ1) is 12.6. The first-order valence-electron chi connectivity index (χ1n) is 5.06. The number of ketones is 1. The zero-order valence-corrected chi connectivity index (χ0v) is 10.3. The van der Waals surface area contributed by atoms with Crippen molar-refractivity contribution in [3.8, 4) is 0 Å². The van der Waals surface area contributed by atoms with Gasteiger partial charge in [-0.1, -0.05) is 0 Å². The fraction of sp³-hybridized carbons (Fsp3) is 0.909. The lowest BCUT2D eigenvalue weighted by atomic mass is 9.85. The van der Waals surface area contributed by atoms with Crippen LogP contribution in [0.25, 0.3) is 0 Å². The molecule has 0 spiro atoms. The minimum Gasteiger partial charge on any atom is -0.361 e. The summed E-state index contributed by atoms with van der Waals surface area (Å²) in [5, 5.41) is 0. The lowest BCUT2D eigenvalue weighted by Crippen LogP contribution is -2.41. The van der Waals surface area contributed by atoms with Crippen molar-refractivity contribution in [2.24, 2.45) is 5.92 Å². The number of methoxy groups -OCH3 is 2. The van der Waals surface area contributed by atoms with Crippen molar-refractivity contribution in [1.82, 2.24) is 0 Å². The van der Waals surface area contributed by atoms with Gasteiger partial charge in [0.05, 0.1) is 5.60 Å². The maximum absolute atomic E-state index is 12.1. The molecule has 1 aliphatic heterocycles. The zero-order chi connectivity index (χ0) is 11.9. The number of carbonyl (C=O) groups is 1. The van der Waals surface area contributed by atoms with Crippen molar-refractivity contribution >= 4 is 5.78 Å². The Morgan fingerprint density at radius 3 is 1.93 bits per heavy atom. The Morgan fingerprint density at radius 2 is 1.67 bits per heavy atom. The topological polar surface area (TPSA) is 44.8 Å². The third-order valence-corrected chi connectivity index (χ3v) is 2.88. The van der Waals surface area contributed by atoms with E-state index in [0.29, 0.717) is 0 Å². The molecule has 1 atom stereocenters. The first-order valence-corrected chi connectivity index (χ1v) is 5.06. The minimum absolute atomic E-state index is 0.0289. The van der Waals surface area contributed by atoms with E-state index in [9.17, 15) is 4.79 Å². The van der Waals surface area contributed by atoms with Gasteiger partial charge in [0.1, 0.15) is 11.5 Å². The maximum Gasteiger partial charge on any atom is 0.175 e. The van der Waals surface area contributed by atoms with Gasteiger partial charge in [0, 0.05) is 14.2 Å². The molecule has 0 bridgehead atoms. The molecule has 0 saturated carbocycles. The second-order valence-electron chi connectivity index (χ2n) is 4.90. The van der Waals surface area contributed by atoms with Crippen molar-refractivity contribution in [2.75, 3.05) is 14.2 Å². The number of Topliss-reactive ketones (excluding diaryl/α,β-unsaturated/α-hetero) is 1. The van der Waals surface area contributed by atoms with Crippen molar-refractivity contribution in [1.29, 1.82) is 0 Å². The molecule has 0 N–H and O–H groups in total. The Labute approximate surface area is 90.9 Å². The van der Waals surface area contributed by atoms with Gasteiger partial charge >= 0.3 is 0 Å². The number of rotatable bonds is 3. The molecule has 0 aliphatic carbocycles. The Kier molecular flexibility index (Phi) is 3.24. The predicted molar refractivity (Wildman–Crippen MR) is 55.5 cm³/mol. The lowest BCUT2D eigenvalue weighted by molar-refractivity contribution is -0.171. The number of ether oxygens (including phenoxy) is 3. The summed E-state index contributed by atoms with van der Waals surface area (Å²) >= 11 is 0. The van der Waals surface area contributed by atoms with E-state index in [2.05, 4.69) is 0 Å². The Balaban J connectivity index is 3.01. The molecule has 4 heteroatoms. The summed E-state index contributed by atoms with van der Waals surface area (Å²) in [6, 6.07) is 0. The number of hydrogen-bond acceptors (Lipinski definition) is 4. The largest absolute Gasteiger partial charge is 0.361 e. The van der Waals surface area contributed by atoms with Crippen LogP contribution in [0.5, 0.6) is 0 Å². The summed E-state index contributed by atoms with van der Waals surface area (Å²) in [6.45, 7) is 7.32. The minimum atomic E-state index is -0.760. The number of hydrogen-bond donors (Lipinski definition) is 0. The van der Waals surface area contributed by atoms with Crippen LogP contribution in [0.15, 0.2) is 0 Å². The summed E-state index contributed by atoms with van der Waals surface area (Å²) in [5.41, 5.74) is -1.32. The van der Waals surface area contributed by atoms with Crippen LogP contribution in [0.2, 0.25) is 0 Å². The van der Waals surface area contributed by atoms with Gasteiger partial charge < -0.3 is 14.2 Å². The van der Waals surface area contributed by atoms with Crippen LogP contribution in [0, 0.1) is 5.92 Å². The van der Waals surface area contributed by atoms with E-state index in [1.807, 2.05) is 13.8 Å². The quantitative estimate of drug-likeness (QED) is 0.668.